The van der Waals surface area contributed by atoms with Gasteiger partial charge < -0.3 is 5.32 Å². The second-order valence-electron chi connectivity index (χ2n) is 3.83. The summed E-state index contributed by atoms with van der Waals surface area (Å²) in [5, 5.41) is 13.4. The molecule has 4 heteroatoms. The molecular weight excluding hydrogens is 230 g/mol. The lowest BCUT2D eigenvalue weighted by molar-refractivity contribution is 0.869. The van der Waals surface area contributed by atoms with Crippen LogP contribution in [0.1, 0.15) is 28.4 Å². The van der Waals surface area contributed by atoms with E-state index in [0.29, 0.717) is 5.56 Å². The van der Waals surface area contributed by atoms with Gasteiger partial charge in [0.25, 0.3) is 0 Å². The summed E-state index contributed by atoms with van der Waals surface area (Å²) in [6, 6.07) is 9.79. The quantitative estimate of drug-likeness (QED) is 0.897. The number of rotatable bonds is 3. The minimum atomic E-state index is 0.114. The lowest BCUT2D eigenvalue weighted by atomic mass is 10.2. The highest BCUT2D eigenvalue weighted by molar-refractivity contribution is 7.11. The predicted octanol–water partition coefficient (Wildman–Crippen LogP) is 3.50. The van der Waals surface area contributed by atoms with Crippen LogP contribution in [-0.4, -0.2) is 4.98 Å². The smallest absolute Gasteiger partial charge is 0.115 e. The van der Waals surface area contributed by atoms with E-state index < -0.39 is 0 Å². The van der Waals surface area contributed by atoms with Gasteiger partial charge in [-0.25, -0.2) is 4.98 Å². The molecule has 0 aliphatic rings. The fourth-order valence-electron chi connectivity index (χ4n) is 1.57. The molecule has 0 bridgehead atoms. The second kappa shape index (κ2) is 4.98. The summed E-state index contributed by atoms with van der Waals surface area (Å²) in [6.45, 7) is 4.09. The molecule has 1 atom stereocenters. The Morgan fingerprint density at radius 2 is 2.18 bits per heavy atom. The average Bonchev–Trinajstić information content (AvgIpc) is 2.77. The number of anilines is 1. The summed E-state index contributed by atoms with van der Waals surface area (Å²) in [5.74, 6) is 0. The number of aryl methyl sites for hydroxylation is 1. The topological polar surface area (TPSA) is 48.7 Å². The highest BCUT2D eigenvalue weighted by Crippen LogP contribution is 2.24. The van der Waals surface area contributed by atoms with Crippen LogP contribution in [0, 0.1) is 18.3 Å². The Bertz CT molecular complexity index is 554. The van der Waals surface area contributed by atoms with Gasteiger partial charge in [-0.15, -0.1) is 11.3 Å². The van der Waals surface area contributed by atoms with E-state index in [1.54, 1.807) is 11.3 Å². The Morgan fingerprint density at radius 3 is 2.82 bits per heavy atom. The van der Waals surface area contributed by atoms with Crippen molar-refractivity contribution in [3.63, 3.8) is 0 Å². The molecule has 0 saturated carbocycles. The number of hydrogen-bond acceptors (Lipinski definition) is 4. The van der Waals surface area contributed by atoms with Crippen molar-refractivity contribution in [1.82, 2.24) is 4.98 Å². The van der Waals surface area contributed by atoms with Gasteiger partial charge in [0.05, 0.1) is 17.3 Å². The molecule has 1 aromatic carbocycles. The van der Waals surface area contributed by atoms with Crippen molar-refractivity contribution in [3.05, 3.63) is 45.9 Å². The van der Waals surface area contributed by atoms with Crippen molar-refractivity contribution < 1.29 is 0 Å². The zero-order valence-electron chi connectivity index (χ0n) is 9.77. The molecule has 2 aromatic rings. The number of nitriles is 1. The van der Waals surface area contributed by atoms with Crippen molar-refractivity contribution >= 4 is 17.0 Å². The molecular formula is C13H13N3S. The predicted molar refractivity (Wildman–Crippen MR) is 70.0 cm³/mol. The van der Waals surface area contributed by atoms with Crippen LogP contribution in [0.15, 0.2) is 30.5 Å². The van der Waals surface area contributed by atoms with Crippen molar-refractivity contribution in [2.45, 2.75) is 19.9 Å². The molecule has 1 N–H and O–H groups in total. The zero-order valence-corrected chi connectivity index (χ0v) is 10.6. The average molecular weight is 243 g/mol. The van der Waals surface area contributed by atoms with Crippen LogP contribution < -0.4 is 5.32 Å². The summed E-state index contributed by atoms with van der Waals surface area (Å²) < 4.78 is 0. The van der Waals surface area contributed by atoms with E-state index >= 15 is 0 Å². The number of nitrogens with zero attached hydrogens (tertiary/aromatic N) is 2. The van der Waals surface area contributed by atoms with Crippen LogP contribution in [-0.2, 0) is 0 Å². The Hall–Kier alpha value is -1.86. The van der Waals surface area contributed by atoms with Crippen molar-refractivity contribution in [2.75, 3.05) is 5.32 Å². The molecule has 3 nitrogen and oxygen atoms in total. The van der Waals surface area contributed by atoms with Gasteiger partial charge in [0.1, 0.15) is 11.1 Å². The standard InChI is InChI=1S/C13H13N3S/c1-9-8-15-13(17-9)10(2)16-12-6-4-3-5-11(12)7-14/h3-6,8,10,16H,1-2H3. The van der Waals surface area contributed by atoms with E-state index in [2.05, 4.69) is 16.4 Å². The molecule has 0 amide bonds. The summed E-state index contributed by atoms with van der Waals surface area (Å²) >= 11 is 1.67. The molecule has 0 aliphatic carbocycles. The van der Waals surface area contributed by atoms with Gasteiger partial charge in [-0.05, 0) is 26.0 Å². The summed E-state index contributed by atoms with van der Waals surface area (Å²) in [4.78, 5) is 5.54. The minimum Gasteiger partial charge on any atom is -0.375 e. The first-order valence-electron chi connectivity index (χ1n) is 5.38. The summed E-state index contributed by atoms with van der Waals surface area (Å²) in [7, 11) is 0. The van der Waals surface area contributed by atoms with Gasteiger partial charge >= 0.3 is 0 Å². The first kappa shape index (κ1) is 11.6. The Balaban J connectivity index is 2.19. The Kier molecular flexibility index (Phi) is 3.40. The Labute approximate surface area is 105 Å². The second-order valence-corrected chi connectivity index (χ2v) is 5.10. The molecule has 2 rings (SSSR count). The van der Waals surface area contributed by atoms with E-state index in [1.807, 2.05) is 44.3 Å². The highest BCUT2D eigenvalue weighted by atomic mass is 32.1. The van der Waals surface area contributed by atoms with Crippen LogP contribution in [0.25, 0.3) is 0 Å². The third-order valence-corrected chi connectivity index (χ3v) is 3.52. The molecule has 0 aliphatic heterocycles. The van der Waals surface area contributed by atoms with Crippen LogP contribution in [0.5, 0.6) is 0 Å². The largest absolute Gasteiger partial charge is 0.375 e. The first-order valence-corrected chi connectivity index (χ1v) is 6.20. The van der Waals surface area contributed by atoms with Gasteiger partial charge in [0.15, 0.2) is 0 Å². The van der Waals surface area contributed by atoms with Gasteiger partial charge in [-0.3, -0.25) is 0 Å². The van der Waals surface area contributed by atoms with Crippen LogP contribution in [0.2, 0.25) is 0 Å². The highest BCUT2D eigenvalue weighted by Gasteiger charge is 2.10. The number of nitrogens with one attached hydrogen (secondary N) is 1. The fraction of sp³-hybridized carbons (Fsp3) is 0.231. The number of aromatic nitrogens is 1. The van der Waals surface area contributed by atoms with Crippen molar-refractivity contribution in [3.8, 4) is 6.07 Å². The van der Waals surface area contributed by atoms with Gasteiger partial charge in [-0.1, -0.05) is 12.1 Å². The molecule has 1 unspecified atom stereocenters. The lowest BCUT2D eigenvalue weighted by Crippen LogP contribution is -2.07. The fourth-order valence-corrected chi connectivity index (χ4v) is 2.35. The third kappa shape index (κ3) is 2.63. The van der Waals surface area contributed by atoms with E-state index in [4.69, 9.17) is 5.26 Å². The SMILES string of the molecule is Cc1cnc(C(C)Nc2ccccc2C#N)s1. The maximum atomic E-state index is 9.00. The van der Waals surface area contributed by atoms with Crippen LogP contribution in [0.3, 0.4) is 0 Å². The molecule has 0 radical (unpaired) electrons. The Morgan fingerprint density at radius 1 is 1.41 bits per heavy atom. The molecule has 17 heavy (non-hydrogen) atoms. The van der Waals surface area contributed by atoms with Crippen molar-refractivity contribution in [2.24, 2.45) is 0 Å². The summed E-state index contributed by atoms with van der Waals surface area (Å²) in [5.41, 5.74) is 1.52. The maximum absolute atomic E-state index is 9.00. The molecule has 0 fully saturated rings. The number of hydrogen-bond donors (Lipinski definition) is 1. The number of thiazole rings is 1. The van der Waals surface area contributed by atoms with E-state index in [-0.39, 0.29) is 6.04 Å². The number of para-hydroxylation sites is 1. The van der Waals surface area contributed by atoms with E-state index in [0.717, 1.165) is 10.7 Å². The molecule has 1 heterocycles. The molecule has 0 spiro atoms. The third-order valence-electron chi connectivity index (χ3n) is 2.43. The van der Waals surface area contributed by atoms with Crippen LogP contribution in [0.4, 0.5) is 5.69 Å². The zero-order chi connectivity index (χ0) is 12.3. The molecule has 1 aromatic heterocycles. The summed E-state index contributed by atoms with van der Waals surface area (Å²) in [6.07, 6.45) is 1.87. The van der Waals surface area contributed by atoms with Gasteiger partial charge in [0.2, 0.25) is 0 Å². The normalized spacial score (nSPS) is 11.8. The lowest BCUT2D eigenvalue weighted by Gasteiger charge is -2.13. The van der Waals surface area contributed by atoms with Gasteiger partial charge in [0, 0.05) is 11.1 Å². The minimum absolute atomic E-state index is 0.114. The molecule has 86 valence electrons. The monoisotopic (exact) mass is 243 g/mol. The van der Waals surface area contributed by atoms with E-state index in [1.165, 1.54) is 4.88 Å². The van der Waals surface area contributed by atoms with Crippen molar-refractivity contribution in [1.29, 1.82) is 5.26 Å². The maximum Gasteiger partial charge on any atom is 0.115 e. The number of benzene rings is 1. The molecule has 0 saturated heterocycles. The van der Waals surface area contributed by atoms with Crippen LogP contribution >= 0.6 is 11.3 Å². The van der Waals surface area contributed by atoms with E-state index in [9.17, 15) is 0 Å². The first-order chi connectivity index (χ1) is 8.20. The van der Waals surface area contributed by atoms with Gasteiger partial charge in [-0.2, -0.15) is 5.26 Å².